The third-order valence-electron chi connectivity index (χ3n) is 5.34. The van der Waals surface area contributed by atoms with E-state index in [1.165, 1.54) is 10.6 Å². The lowest BCUT2D eigenvalue weighted by molar-refractivity contribution is 0.0904. The quantitative estimate of drug-likeness (QED) is 0.571. The first-order valence-electron chi connectivity index (χ1n) is 10.1. The lowest BCUT2D eigenvalue weighted by Crippen LogP contribution is -2.28. The number of ether oxygens (including phenoxy) is 1. The van der Waals surface area contributed by atoms with Crippen LogP contribution >= 0.6 is 23.2 Å². The zero-order chi connectivity index (χ0) is 21.8. The molecule has 0 radical (unpaired) electrons. The second kappa shape index (κ2) is 9.83. The summed E-state index contributed by atoms with van der Waals surface area (Å²) in [6, 6.07) is 13.8. The van der Waals surface area contributed by atoms with E-state index in [1.54, 1.807) is 24.4 Å². The molecule has 4 rings (SSSR count). The maximum atomic E-state index is 12.9. The van der Waals surface area contributed by atoms with Gasteiger partial charge < -0.3 is 19.7 Å². The summed E-state index contributed by atoms with van der Waals surface area (Å²) in [6.45, 7) is 1.23. The standard InChI is InChI=1S/C23H23Cl2N3O3/c24-17-10-16(11-18(25)13-17)21(14-29)28-7-4-15(12-23(28)30)20-2-1-3-22(27-20)26-19-5-8-31-9-6-19/h1-4,7,10-13,19,21,29H,5-6,8-9,14H2,(H,26,27)/t21-/m1/s1. The Morgan fingerprint density at radius 3 is 2.55 bits per heavy atom. The normalized spacial score (nSPS) is 15.6. The van der Waals surface area contributed by atoms with Gasteiger partial charge in [0.15, 0.2) is 0 Å². The molecule has 2 N–H and O–H groups in total. The van der Waals surface area contributed by atoms with Crippen LogP contribution in [0.4, 0.5) is 5.82 Å². The number of benzene rings is 1. The maximum absolute atomic E-state index is 12.9. The predicted octanol–water partition coefficient (Wildman–Crippen LogP) is 4.39. The van der Waals surface area contributed by atoms with Crippen molar-refractivity contribution in [3.05, 3.63) is 80.7 Å². The highest BCUT2D eigenvalue weighted by Crippen LogP contribution is 2.26. The average Bonchev–Trinajstić information content (AvgIpc) is 2.75. The number of hydrogen-bond donors (Lipinski definition) is 2. The van der Waals surface area contributed by atoms with Crippen LogP contribution in [0.1, 0.15) is 24.4 Å². The van der Waals surface area contributed by atoms with Gasteiger partial charge in [-0.25, -0.2) is 4.98 Å². The van der Waals surface area contributed by atoms with E-state index in [1.807, 2.05) is 24.3 Å². The molecule has 0 spiro atoms. The van der Waals surface area contributed by atoms with Crippen molar-refractivity contribution >= 4 is 29.0 Å². The van der Waals surface area contributed by atoms with Gasteiger partial charge in [0.25, 0.3) is 5.56 Å². The first kappa shape index (κ1) is 21.8. The molecule has 1 aliphatic heterocycles. The van der Waals surface area contributed by atoms with Crippen LogP contribution in [0.15, 0.2) is 59.5 Å². The van der Waals surface area contributed by atoms with Crippen LogP contribution in [0.5, 0.6) is 0 Å². The number of hydrogen-bond acceptors (Lipinski definition) is 5. The molecule has 6 nitrogen and oxygen atoms in total. The highest BCUT2D eigenvalue weighted by molar-refractivity contribution is 6.34. The van der Waals surface area contributed by atoms with Crippen LogP contribution in [0.2, 0.25) is 10.0 Å². The number of aliphatic hydroxyl groups is 1. The molecule has 0 amide bonds. The summed E-state index contributed by atoms with van der Waals surface area (Å²) in [5.74, 6) is 0.774. The third kappa shape index (κ3) is 5.28. The maximum Gasteiger partial charge on any atom is 0.251 e. The van der Waals surface area contributed by atoms with Crippen molar-refractivity contribution in [2.45, 2.75) is 24.9 Å². The van der Waals surface area contributed by atoms with Gasteiger partial charge in [0.05, 0.1) is 18.3 Å². The zero-order valence-electron chi connectivity index (χ0n) is 16.8. The molecular formula is C23H23Cl2N3O3. The molecule has 3 heterocycles. The molecule has 0 saturated carbocycles. The van der Waals surface area contributed by atoms with Crippen molar-refractivity contribution in [3.8, 4) is 11.3 Å². The Hall–Kier alpha value is -2.38. The van der Waals surface area contributed by atoms with Crippen LogP contribution in [-0.4, -0.2) is 40.5 Å². The summed E-state index contributed by atoms with van der Waals surface area (Å²) >= 11 is 12.2. The van der Waals surface area contributed by atoms with E-state index in [0.29, 0.717) is 32.9 Å². The van der Waals surface area contributed by atoms with Crippen molar-refractivity contribution < 1.29 is 9.84 Å². The van der Waals surface area contributed by atoms with Crippen molar-refractivity contribution in [1.82, 2.24) is 9.55 Å². The fourth-order valence-corrected chi connectivity index (χ4v) is 4.30. The van der Waals surface area contributed by atoms with Gasteiger partial charge in [0.2, 0.25) is 0 Å². The van der Waals surface area contributed by atoms with Crippen LogP contribution in [0, 0.1) is 0 Å². The first-order valence-corrected chi connectivity index (χ1v) is 10.9. The highest BCUT2D eigenvalue weighted by Gasteiger charge is 2.17. The molecule has 0 unspecified atom stereocenters. The van der Waals surface area contributed by atoms with Crippen LogP contribution in [0.25, 0.3) is 11.3 Å². The number of nitrogens with zero attached hydrogens (tertiary/aromatic N) is 2. The Labute approximate surface area is 190 Å². The van der Waals surface area contributed by atoms with Crippen LogP contribution < -0.4 is 10.9 Å². The molecule has 162 valence electrons. The van der Waals surface area contributed by atoms with E-state index in [0.717, 1.165) is 31.9 Å². The fourth-order valence-electron chi connectivity index (χ4n) is 3.76. The molecular weight excluding hydrogens is 437 g/mol. The second-order valence-corrected chi connectivity index (χ2v) is 8.37. The summed E-state index contributed by atoms with van der Waals surface area (Å²) in [5, 5.41) is 14.3. The topological polar surface area (TPSA) is 76.4 Å². The summed E-state index contributed by atoms with van der Waals surface area (Å²) in [6.07, 6.45) is 3.55. The Balaban J connectivity index is 1.60. The molecule has 1 aromatic carbocycles. The summed E-state index contributed by atoms with van der Waals surface area (Å²) < 4.78 is 6.87. The highest BCUT2D eigenvalue weighted by atomic mass is 35.5. The van der Waals surface area contributed by atoms with E-state index < -0.39 is 6.04 Å². The van der Waals surface area contributed by atoms with E-state index in [-0.39, 0.29) is 12.2 Å². The van der Waals surface area contributed by atoms with Crippen molar-refractivity contribution in [3.63, 3.8) is 0 Å². The first-order chi connectivity index (χ1) is 15.0. The molecule has 1 fully saturated rings. The number of nitrogens with one attached hydrogen (secondary N) is 1. The molecule has 0 aliphatic carbocycles. The molecule has 2 aromatic heterocycles. The minimum absolute atomic E-state index is 0.253. The summed E-state index contributed by atoms with van der Waals surface area (Å²) in [4.78, 5) is 17.6. The molecule has 3 aromatic rings. The zero-order valence-corrected chi connectivity index (χ0v) is 18.3. The van der Waals surface area contributed by atoms with Gasteiger partial charge in [-0.1, -0.05) is 29.3 Å². The van der Waals surface area contributed by atoms with E-state index in [9.17, 15) is 9.90 Å². The van der Waals surface area contributed by atoms with Crippen LogP contribution in [0.3, 0.4) is 0 Å². The van der Waals surface area contributed by atoms with E-state index >= 15 is 0 Å². The third-order valence-corrected chi connectivity index (χ3v) is 5.78. The van der Waals surface area contributed by atoms with E-state index in [2.05, 4.69) is 10.3 Å². The van der Waals surface area contributed by atoms with Crippen molar-refractivity contribution in [1.29, 1.82) is 0 Å². The van der Waals surface area contributed by atoms with E-state index in [4.69, 9.17) is 27.9 Å². The summed E-state index contributed by atoms with van der Waals surface area (Å²) in [5.41, 5.74) is 1.82. The Kier molecular flexibility index (Phi) is 6.92. The van der Waals surface area contributed by atoms with Gasteiger partial charge in [-0.2, -0.15) is 0 Å². The van der Waals surface area contributed by atoms with Crippen molar-refractivity contribution in [2.24, 2.45) is 0 Å². The number of aromatic nitrogens is 2. The minimum atomic E-state index is -0.591. The smallest absolute Gasteiger partial charge is 0.251 e. The minimum Gasteiger partial charge on any atom is -0.394 e. The van der Waals surface area contributed by atoms with Crippen LogP contribution in [-0.2, 0) is 4.74 Å². The Bertz CT molecular complexity index is 1090. The lowest BCUT2D eigenvalue weighted by Gasteiger charge is -2.23. The molecule has 8 heteroatoms. The molecule has 1 saturated heterocycles. The van der Waals surface area contributed by atoms with Gasteiger partial charge in [0, 0.05) is 47.1 Å². The lowest BCUT2D eigenvalue weighted by atomic mass is 10.1. The average molecular weight is 460 g/mol. The number of aliphatic hydroxyl groups excluding tert-OH is 1. The SMILES string of the molecule is O=c1cc(-c2cccc(NC3CCOCC3)n2)ccn1[C@H](CO)c1cc(Cl)cc(Cl)c1. The summed E-state index contributed by atoms with van der Waals surface area (Å²) in [7, 11) is 0. The second-order valence-electron chi connectivity index (χ2n) is 7.50. The number of rotatable bonds is 6. The van der Waals surface area contributed by atoms with Gasteiger partial charge >= 0.3 is 0 Å². The molecule has 1 aliphatic rings. The van der Waals surface area contributed by atoms with Gasteiger partial charge in [-0.3, -0.25) is 4.79 Å². The predicted molar refractivity (Wildman–Crippen MR) is 123 cm³/mol. The largest absolute Gasteiger partial charge is 0.394 e. The van der Waals surface area contributed by atoms with Gasteiger partial charge in [-0.05, 0) is 54.8 Å². The molecule has 1 atom stereocenters. The van der Waals surface area contributed by atoms with Crippen molar-refractivity contribution in [2.75, 3.05) is 25.1 Å². The number of anilines is 1. The number of pyridine rings is 2. The molecule has 0 bridgehead atoms. The van der Waals surface area contributed by atoms with Gasteiger partial charge in [0.1, 0.15) is 5.82 Å². The number of halogens is 2. The Morgan fingerprint density at radius 2 is 1.87 bits per heavy atom. The fraction of sp³-hybridized carbons (Fsp3) is 0.304. The Morgan fingerprint density at radius 1 is 1.13 bits per heavy atom. The monoisotopic (exact) mass is 459 g/mol. The van der Waals surface area contributed by atoms with Gasteiger partial charge in [-0.15, -0.1) is 0 Å². The molecule has 31 heavy (non-hydrogen) atoms.